The van der Waals surface area contributed by atoms with Crippen LogP contribution in [0.5, 0.6) is 5.88 Å². The second kappa shape index (κ2) is 8.89. The van der Waals surface area contributed by atoms with Gasteiger partial charge in [0.25, 0.3) is 5.91 Å². The minimum Gasteiger partial charge on any atom is -0.474 e. The third kappa shape index (κ3) is 4.80. The van der Waals surface area contributed by atoms with Gasteiger partial charge in [0.05, 0.1) is 11.4 Å². The number of fused-ring (bicyclic) bond motifs is 1. The van der Waals surface area contributed by atoms with Crippen LogP contribution in [0.25, 0.3) is 0 Å². The molecule has 9 heteroatoms. The fourth-order valence-electron chi connectivity index (χ4n) is 4.51. The number of anilines is 2. The molecule has 6 rings (SSSR count). The van der Waals surface area contributed by atoms with Gasteiger partial charge in [-0.25, -0.2) is 13.4 Å². The van der Waals surface area contributed by atoms with E-state index < -0.39 is 9.84 Å². The molecule has 0 atom stereocenters. The normalized spacial score (nSPS) is 17.3. The van der Waals surface area contributed by atoms with E-state index in [1.807, 2.05) is 6.07 Å². The van der Waals surface area contributed by atoms with Crippen molar-refractivity contribution in [3.8, 4) is 5.88 Å². The smallest absolute Gasteiger partial charge is 0.270 e. The Hall–Kier alpha value is -3.46. The van der Waals surface area contributed by atoms with E-state index in [9.17, 15) is 13.2 Å². The van der Waals surface area contributed by atoms with E-state index in [-0.39, 0.29) is 23.0 Å². The summed E-state index contributed by atoms with van der Waals surface area (Å²) in [5.41, 5.74) is 5.42. The number of aromatic nitrogens is 2. The molecule has 1 amide bonds. The Morgan fingerprint density at radius 1 is 1.00 bits per heavy atom. The molecule has 186 valence electrons. The maximum Gasteiger partial charge on any atom is 0.270 e. The molecule has 8 nitrogen and oxygen atoms in total. The van der Waals surface area contributed by atoms with Crippen molar-refractivity contribution in [2.24, 2.45) is 0 Å². The van der Waals surface area contributed by atoms with Crippen LogP contribution in [0, 0.1) is 0 Å². The van der Waals surface area contributed by atoms with Crippen LogP contribution in [-0.4, -0.2) is 43.7 Å². The first kappa shape index (κ1) is 23.0. The molecule has 1 N–H and O–H groups in total. The summed E-state index contributed by atoms with van der Waals surface area (Å²) in [6.07, 6.45) is 6.01. The van der Waals surface area contributed by atoms with Gasteiger partial charge in [-0.15, -0.1) is 0 Å². The van der Waals surface area contributed by atoms with Crippen molar-refractivity contribution in [2.75, 3.05) is 24.3 Å². The minimum absolute atomic E-state index is 0.248. The van der Waals surface area contributed by atoms with E-state index in [1.165, 1.54) is 43.3 Å². The fourth-order valence-corrected chi connectivity index (χ4v) is 5.14. The molecule has 2 aliphatic carbocycles. The molecule has 0 radical (unpaired) electrons. The number of amides is 1. The summed E-state index contributed by atoms with van der Waals surface area (Å²) in [5, 5.41) is 2.85. The SMILES string of the molecule is CS(=O)(=O)c1ccc(CNC(=O)c2ccc3c(n2)OCCN3c2cc(C3CC3)nc(C3CC3)c2)cc1. The van der Waals surface area contributed by atoms with Gasteiger partial charge in [0.2, 0.25) is 5.88 Å². The number of carbonyl (C=O) groups excluding carboxylic acids is 1. The molecule has 0 unspecified atom stereocenters. The number of nitrogens with one attached hydrogen (secondary N) is 1. The van der Waals surface area contributed by atoms with Crippen LogP contribution < -0.4 is 15.0 Å². The second-order valence-corrected chi connectivity index (χ2v) is 11.9. The largest absolute Gasteiger partial charge is 0.474 e. The quantitative estimate of drug-likeness (QED) is 0.517. The van der Waals surface area contributed by atoms with Gasteiger partial charge in [0.1, 0.15) is 18.0 Å². The lowest BCUT2D eigenvalue weighted by atomic mass is 10.1. The van der Waals surface area contributed by atoms with Gasteiger partial charge < -0.3 is 15.0 Å². The molecule has 2 saturated carbocycles. The molecule has 2 aromatic heterocycles. The van der Waals surface area contributed by atoms with Crippen molar-refractivity contribution in [1.82, 2.24) is 15.3 Å². The molecular weight excluding hydrogens is 476 g/mol. The summed E-state index contributed by atoms with van der Waals surface area (Å²) in [7, 11) is -3.25. The van der Waals surface area contributed by atoms with Crippen molar-refractivity contribution in [1.29, 1.82) is 0 Å². The first-order chi connectivity index (χ1) is 17.3. The maximum atomic E-state index is 12.8. The summed E-state index contributed by atoms with van der Waals surface area (Å²) in [6, 6.07) is 14.5. The van der Waals surface area contributed by atoms with E-state index in [0.29, 0.717) is 30.9 Å². The Kier molecular flexibility index (Phi) is 5.67. The van der Waals surface area contributed by atoms with Crippen LogP contribution in [0.2, 0.25) is 0 Å². The average molecular weight is 505 g/mol. The standard InChI is InChI=1S/C27H28N4O4S/c1-36(33,34)21-8-2-17(3-9-21)16-28-26(32)22-10-11-25-27(30-22)35-13-12-31(25)20-14-23(18-4-5-18)29-24(15-20)19-6-7-19/h2-3,8-11,14-15,18-19H,4-7,12-13,16H2,1H3,(H,28,32). The number of carbonyl (C=O) groups is 1. The third-order valence-electron chi connectivity index (χ3n) is 6.87. The highest BCUT2D eigenvalue weighted by molar-refractivity contribution is 7.90. The number of pyridine rings is 2. The molecule has 0 bridgehead atoms. The van der Waals surface area contributed by atoms with Gasteiger partial charge in [-0.1, -0.05) is 12.1 Å². The van der Waals surface area contributed by atoms with E-state index in [1.54, 1.807) is 30.3 Å². The molecule has 3 aliphatic rings. The van der Waals surface area contributed by atoms with Crippen molar-refractivity contribution < 1.29 is 17.9 Å². The van der Waals surface area contributed by atoms with Gasteiger partial charge in [0.15, 0.2) is 9.84 Å². The Balaban J connectivity index is 1.19. The molecule has 2 fully saturated rings. The Labute approximate surface area is 210 Å². The van der Waals surface area contributed by atoms with Crippen molar-refractivity contribution in [3.05, 3.63) is 71.2 Å². The monoisotopic (exact) mass is 504 g/mol. The van der Waals surface area contributed by atoms with Crippen molar-refractivity contribution in [3.63, 3.8) is 0 Å². The predicted molar refractivity (Wildman–Crippen MR) is 136 cm³/mol. The van der Waals surface area contributed by atoms with E-state index in [2.05, 4.69) is 27.3 Å². The number of sulfone groups is 1. The number of ether oxygens (including phenoxy) is 1. The molecule has 3 aromatic rings. The van der Waals surface area contributed by atoms with E-state index in [0.717, 1.165) is 16.9 Å². The number of benzene rings is 1. The van der Waals surface area contributed by atoms with Gasteiger partial charge in [-0.3, -0.25) is 9.78 Å². The second-order valence-electron chi connectivity index (χ2n) is 9.84. The topological polar surface area (TPSA) is 101 Å². The molecule has 1 aliphatic heterocycles. The van der Waals surface area contributed by atoms with E-state index in [4.69, 9.17) is 9.72 Å². The summed E-state index contributed by atoms with van der Waals surface area (Å²) in [6.45, 7) is 1.46. The lowest BCUT2D eigenvalue weighted by Gasteiger charge is -2.31. The molecule has 0 spiro atoms. The van der Waals surface area contributed by atoms with Crippen LogP contribution >= 0.6 is 0 Å². The van der Waals surface area contributed by atoms with Crippen molar-refractivity contribution >= 4 is 27.1 Å². The van der Waals surface area contributed by atoms with Gasteiger partial charge in [0, 0.05) is 41.7 Å². The Morgan fingerprint density at radius 2 is 1.67 bits per heavy atom. The highest BCUT2D eigenvalue weighted by Gasteiger charge is 2.32. The van der Waals surface area contributed by atoms with Crippen molar-refractivity contribution in [2.45, 2.75) is 49.0 Å². The highest BCUT2D eigenvalue weighted by Crippen LogP contribution is 2.46. The average Bonchev–Trinajstić information content (AvgIpc) is 3.78. The lowest BCUT2D eigenvalue weighted by molar-refractivity contribution is 0.0944. The number of hydrogen-bond donors (Lipinski definition) is 1. The zero-order valence-corrected chi connectivity index (χ0v) is 20.9. The predicted octanol–water partition coefficient (Wildman–Crippen LogP) is 4.10. The Bertz CT molecular complexity index is 1400. The number of hydrogen-bond acceptors (Lipinski definition) is 7. The molecule has 0 saturated heterocycles. The minimum atomic E-state index is -3.25. The first-order valence-electron chi connectivity index (χ1n) is 12.4. The van der Waals surface area contributed by atoms with Gasteiger partial charge in [-0.05, 0) is 67.6 Å². The Morgan fingerprint density at radius 3 is 2.28 bits per heavy atom. The maximum absolute atomic E-state index is 12.8. The highest BCUT2D eigenvalue weighted by atomic mass is 32.2. The van der Waals surface area contributed by atoms with Crippen LogP contribution in [0.15, 0.2) is 53.4 Å². The summed E-state index contributed by atoms with van der Waals surface area (Å²) < 4.78 is 29.1. The lowest BCUT2D eigenvalue weighted by Crippen LogP contribution is -2.30. The first-order valence-corrected chi connectivity index (χ1v) is 14.2. The van der Waals surface area contributed by atoms with E-state index >= 15 is 0 Å². The molecule has 3 heterocycles. The summed E-state index contributed by atoms with van der Waals surface area (Å²) in [5.74, 6) is 1.29. The van der Waals surface area contributed by atoms with Crippen LogP contribution in [0.1, 0.15) is 65.0 Å². The summed E-state index contributed by atoms with van der Waals surface area (Å²) >= 11 is 0. The zero-order valence-electron chi connectivity index (χ0n) is 20.1. The zero-order chi connectivity index (χ0) is 24.9. The molecule has 1 aromatic carbocycles. The van der Waals surface area contributed by atoms with Crippen LogP contribution in [-0.2, 0) is 16.4 Å². The number of nitrogens with zero attached hydrogens (tertiary/aromatic N) is 3. The summed E-state index contributed by atoms with van der Waals surface area (Å²) in [4.78, 5) is 24.7. The van der Waals surface area contributed by atoms with Gasteiger partial charge in [-0.2, -0.15) is 0 Å². The van der Waals surface area contributed by atoms with Crippen LogP contribution in [0.3, 0.4) is 0 Å². The molecule has 36 heavy (non-hydrogen) atoms. The van der Waals surface area contributed by atoms with Gasteiger partial charge >= 0.3 is 0 Å². The number of rotatable bonds is 7. The third-order valence-corrected chi connectivity index (χ3v) is 8.00. The molecular formula is C27H28N4O4S. The fraction of sp³-hybridized carbons (Fsp3) is 0.370. The van der Waals surface area contributed by atoms with Crippen LogP contribution in [0.4, 0.5) is 11.4 Å².